The fourth-order valence-electron chi connectivity index (χ4n) is 1.36. The Morgan fingerprint density at radius 3 is 2.84 bits per heavy atom. The van der Waals surface area contributed by atoms with Gasteiger partial charge in [0, 0.05) is 18.7 Å². The van der Waals surface area contributed by atoms with E-state index < -0.39 is 16.7 Å². The lowest BCUT2D eigenvalue weighted by Gasteiger charge is -2.07. The van der Waals surface area contributed by atoms with Gasteiger partial charge in [-0.05, 0) is 29.5 Å². The molecule has 0 aromatic heterocycles. The van der Waals surface area contributed by atoms with Crippen LogP contribution in [-0.2, 0) is 9.53 Å². The lowest BCUT2D eigenvalue weighted by Crippen LogP contribution is -2.12. The minimum absolute atomic E-state index is 0.0483. The second kappa shape index (κ2) is 7.22. The van der Waals surface area contributed by atoms with Gasteiger partial charge in [0.05, 0.1) is 21.5 Å². The van der Waals surface area contributed by atoms with E-state index in [4.69, 9.17) is 4.74 Å². The van der Waals surface area contributed by atoms with Crippen LogP contribution in [0.5, 0.6) is 0 Å². The zero-order chi connectivity index (χ0) is 14.4. The van der Waals surface area contributed by atoms with Crippen molar-refractivity contribution in [2.75, 3.05) is 18.5 Å². The molecule has 0 bridgehead atoms. The van der Waals surface area contributed by atoms with Crippen molar-refractivity contribution in [2.24, 2.45) is 0 Å². The summed E-state index contributed by atoms with van der Waals surface area (Å²) in [6.07, 6.45) is 0.0542. The Morgan fingerprint density at radius 1 is 1.58 bits per heavy atom. The molecule has 0 aliphatic rings. The number of nitro groups is 1. The van der Waals surface area contributed by atoms with Crippen LogP contribution in [0, 0.1) is 19.5 Å². The minimum atomic E-state index is -0.603. The third kappa shape index (κ3) is 4.62. The molecule has 8 heteroatoms. The molecular weight excluding hydrogens is 370 g/mol. The first-order valence-electron chi connectivity index (χ1n) is 5.48. The van der Waals surface area contributed by atoms with Gasteiger partial charge in [-0.1, -0.05) is 0 Å². The molecule has 0 radical (unpaired) electrons. The Hall–Kier alpha value is -1.45. The molecule has 1 aromatic carbocycles. The first-order chi connectivity index (χ1) is 8.95. The van der Waals surface area contributed by atoms with E-state index in [1.807, 2.05) is 0 Å². The highest BCUT2D eigenvalue weighted by Gasteiger charge is 2.17. The maximum absolute atomic E-state index is 13.4. The molecule has 0 spiro atoms. The predicted molar refractivity (Wildman–Crippen MR) is 75.5 cm³/mol. The Morgan fingerprint density at radius 2 is 2.26 bits per heavy atom. The number of ether oxygens (including phenoxy) is 1. The van der Waals surface area contributed by atoms with E-state index in [1.54, 1.807) is 29.5 Å². The van der Waals surface area contributed by atoms with Crippen LogP contribution in [-0.4, -0.2) is 24.0 Å². The molecule has 0 fully saturated rings. The summed E-state index contributed by atoms with van der Waals surface area (Å²) in [7, 11) is 0. The summed E-state index contributed by atoms with van der Waals surface area (Å²) < 4.78 is 18.2. The molecule has 0 unspecified atom stereocenters. The fourth-order valence-corrected chi connectivity index (χ4v) is 1.81. The normalized spacial score (nSPS) is 10.1. The predicted octanol–water partition coefficient (Wildman–Crippen LogP) is 2.70. The number of nitrogens with zero attached hydrogens (tertiary/aromatic N) is 1. The van der Waals surface area contributed by atoms with E-state index in [2.05, 4.69) is 5.32 Å². The summed E-state index contributed by atoms with van der Waals surface area (Å²) in [4.78, 5) is 21.3. The molecule has 0 atom stereocenters. The molecule has 0 saturated heterocycles. The van der Waals surface area contributed by atoms with E-state index >= 15 is 0 Å². The highest BCUT2D eigenvalue weighted by molar-refractivity contribution is 14.1. The van der Waals surface area contributed by atoms with Crippen molar-refractivity contribution >= 4 is 39.9 Å². The maximum Gasteiger partial charge on any atom is 0.307 e. The van der Waals surface area contributed by atoms with E-state index in [1.165, 1.54) is 0 Å². The molecule has 0 aliphatic carbocycles. The van der Waals surface area contributed by atoms with Crippen molar-refractivity contribution in [3.05, 3.63) is 31.6 Å². The zero-order valence-electron chi connectivity index (χ0n) is 10.1. The van der Waals surface area contributed by atoms with Gasteiger partial charge in [0.1, 0.15) is 11.5 Å². The lowest BCUT2D eigenvalue weighted by molar-refractivity contribution is -0.384. The van der Waals surface area contributed by atoms with E-state index in [0.29, 0.717) is 0 Å². The molecular formula is C11H12FIN2O4. The van der Waals surface area contributed by atoms with Crippen LogP contribution in [0.15, 0.2) is 12.1 Å². The number of benzene rings is 1. The number of nitrogens with one attached hydrogen (secondary N) is 1. The molecule has 1 rings (SSSR count). The Balaban J connectivity index is 2.74. The average molecular weight is 382 g/mol. The summed E-state index contributed by atoms with van der Waals surface area (Å²) in [5.41, 5.74) is -0.179. The smallest absolute Gasteiger partial charge is 0.307 e. The molecule has 19 heavy (non-hydrogen) atoms. The van der Waals surface area contributed by atoms with Gasteiger partial charge in [0.25, 0.3) is 5.69 Å². The number of nitro benzene ring substituents is 1. The van der Waals surface area contributed by atoms with Crippen LogP contribution in [0.25, 0.3) is 0 Å². The number of hydrogen-bond donors (Lipinski definition) is 1. The Kier molecular flexibility index (Phi) is 5.93. The highest BCUT2D eigenvalue weighted by atomic mass is 127. The van der Waals surface area contributed by atoms with Gasteiger partial charge >= 0.3 is 5.97 Å². The van der Waals surface area contributed by atoms with E-state index in [9.17, 15) is 19.3 Å². The second-order valence-corrected chi connectivity index (χ2v) is 4.68. The molecule has 6 nitrogen and oxygen atoms in total. The van der Waals surface area contributed by atoms with Crippen molar-refractivity contribution in [1.29, 1.82) is 0 Å². The van der Waals surface area contributed by atoms with Gasteiger partial charge in [0.15, 0.2) is 0 Å². The summed E-state index contributed by atoms with van der Waals surface area (Å²) in [6.45, 7) is 2.10. The SMILES string of the molecule is CCOC(=O)CCNc1cc(F)c(I)cc1[N+](=O)[O-]. The molecule has 1 N–H and O–H groups in total. The monoisotopic (exact) mass is 382 g/mol. The zero-order valence-corrected chi connectivity index (χ0v) is 12.3. The highest BCUT2D eigenvalue weighted by Crippen LogP contribution is 2.28. The van der Waals surface area contributed by atoms with E-state index in [-0.39, 0.29) is 34.5 Å². The van der Waals surface area contributed by atoms with Crippen LogP contribution >= 0.6 is 22.6 Å². The third-order valence-corrected chi connectivity index (χ3v) is 3.01. The quantitative estimate of drug-likeness (QED) is 0.354. The first kappa shape index (κ1) is 15.6. The number of anilines is 1. The summed E-state index contributed by atoms with van der Waals surface area (Å²) in [5.74, 6) is -0.964. The number of carbonyl (C=O) groups is 1. The van der Waals surface area contributed by atoms with Gasteiger partial charge in [-0.15, -0.1) is 0 Å². The molecule has 0 aliphatic heterocycles. The fraction of sp³-hybridized carbons (Fsp3) is 0.364. The van der Waals surface area contributed by atoms with Crippen LogP contribution in [0.2, 0.25) is 0 Å². The van der Waals surface area contributed by atoms with Crippen LogP contribution < -0.4 is 5.32 Å². The molecule has 104 valence electrons. The van der Waals surface area contributed by atoms with Gasteiger partial charge in [-0.25, -0.2) is 4.39 Å². The van der Waals surface area contributed by atoms with Gasteiger partial charge in [-0.3, -0.25) is 14.9 Å². The Labute approximate surface area is 122 Å². The standard InChI is InChI=1S/C11H12FIN2O4/c1-2-19-11(16)3-4-14-9-5-7(12)8(13)6-10(9)15(17)18/h5-6,14H,2-4H2,1H3. The van der Waals surface area contributed by atoms with E-state index in [0.717, 1.165) is 12.1 Å². The second-order valence-electron chi connectivity index (χ2n) is 3.52. The minimum Gasteiger partial charge on any atom is -0.466 e. The number of rotatable bonds is 6. The first-order valence-corrected chi connectivity index (χ1v) is 6.56. The van der Waals surface area contributed by atoms with Crippen molar-refractivity contribution in [3.8, 4) is 0 Å². The number of halogens is 2. The van der Waals surface area contributed by atoms with Gasteiger partial charge < -0.3 is 10.1 Å². The Bertz CT molecular complexity index is 496. The van der Waals surface area contributed by atoms with Crippen molar-refractivity contribution < 1.29 is 18.8 Å². The van der Waals surface area contributed by atoms with Crippen molar-refractivity contribution in [3.63, 3.8) is 0 Å². The number of hydrogen-bond acceptors (Lipinski definition) is 5. The summed E-state index contributed by atoms with van der Waals surface area (Å²) >= 11 is 1.68. The average Bonchev–Trinajstić information content (AvgIpc) is 2.33. The van der Waals surface area contributed by atoms with Gasteiger partial charge in [0.2, 0.25) is 0 Å². The lowest BCUT2D eigenvalue weighted by atomic mass is 10.2. The topological polar surface area (TPSA) is 81.5 Å². The third-order valence-electron chi connectivity index (χ3n) is 2.19. The summed E-state index contributed by atoms with van der Waals surface area (Å²) in [5, 5.41) is 13.5. The number of carbonyl (C=O) groups excluding carboxylic acids is 1. The maximum atomic E-state index is 13.4. The summed E-state index contributed by atoms with van der Waals surface area (Å²) in [6, 6.07) is 2.19. The molecule has 0 amide bonds. The van der Waals surface area contributed by atoms with Crippen LogP contribution in [0.3, 0.4) is 0 Å². The van der Waals surface area contributed by atoms with Gasteiger partial charge in [-0.2, -0.15) is 0 Å². The van der Waals surface area contributed by atoms with Crippen molar-refractivity contribution in [1.82, 2.24) is 0 Å². The van der Waals surface area contributed by atoms with Crippen LogP contribution in [0.4, 0.5) is 15.8 Å². The largest absolute Gasteiger partial charge is 0.466 e. The number of esters is 1. The van der Waals surface area contributed by atoms with Crippen LogP contribution in [0.1, 0.15) is 13.3 Å². The molecule has 0 saturated carbocycles. The van der Waals surface area contributed by atoms with Crippen molar-refractivity contribution in [2.45, 2.75) is 13.3 Å². The molecule has 0 heterocycles. The molecule has 1 aromatic rings.